The van der Waals surface area contributed by atoms with Gasteiger partial charge < -0.3 is 5.32 Å². The molecule has 0 aromatic carbocycles. The Morgan fingerprint density at radius 2 is 2.09 bits per heavy atom. The number of hydrogen-bond donors (Lipinski definition) is 1. The van der Waals surface area contributed by atoms with Crippen molar-refractivity contribution in [2.75, 3.05) is 0 Å². The molecule has 3 rings (SSSR count). The van der Waals surface area contributed by atoms with E-state index in [2.05, 4.69) is 15.3 Å². The molecule has 1 fully saturated rings. The molecule has 2 aromatic heterocycles. The Morgan fingerprint density at radius 1 is 1.26 bits per heavy atom. The maximum Gasteiger partial charge on any atom is 0.220 e. The Morgan fingerprint density at radius 3 is 2.83 bits per heavy atom. The van der Waals surface area contributed by atoms with Crippen LogP contribution in [0.25, 0.3) is 11.3 Å². The molecule has 1 saturated carbocycles. The lowest BCUT2D eigenvalue weighted by molar-refractivity contribution is -0.121. The maximum absolute atomic E-state index is 12.1. The number of nitrogens with zero attached hydrogens (tertiary/aromatic N) is 2. The molecule has 0 saturated heterocycles. The van der Waals surface area contributed by atoms with E-state index in [1.54, 1.807) is 17.5 Å². The van der Waals surface area contributed by atoms with Crippen LogP contribution < -0.4 is 5.32 Å². The Labute approximate surface area is 141 Å². The third kappa shape index (κ3) is 4.86. The van der Waals surface area contributed by atoms with Crippen LogP contribution in [0, 0.1) is 0 Å². The number of hydrogen-bond acceptors (Lipinski definition) is 4. The maximum atomic E-state index is 12.1. The molecule has 5 heteroatoms. The summed E-state index contributed by atoms with van der Waals surface area (Å²) in [6.45, 7) is 0. The zero-order chi connectivity index (χ0) is 15.9. The van der Waals surface area contributed by atoms with Gasteiger partial charge in [0.15, 0.2) is 0 Å². The number of rotatable bonds is 5. The minimum Gasteiger partial charge on any atom is -0.353 e. The molecule has 1 aliphatic carbocycles. The minimum absolute atomic E-state index is 0.162. The highest BCUT2D eigenvalue weighted by Crippen LogP contribution is 2.22. The van der Waals surface area contributed by atoms with Crippen molar-refractivity contribution in [1.82, 2.24) is 15.3 Å². The number of nitrogens with one attached hydrogen (secondary N) is 1. The largest absolute Gasteiger partial charge is 0.353 e. The molecule has 0 unspecified atom stereocenters. The van der Waals surface area contributed by atoms with Crippen LogP contribution in [0.15, 0.2) is 29.9 Å². The van der Waals surface area contributed by atoms with Crippen LogP contribution in [0.4, 0.5) is 0 Å². The van der Waals surface area contributed by atoms with Gasteiger partial charge in [0.2, 0.25) is 5.91 Å². The first-order valence-corrected chi connectivity index (χ1v) is 9.33. The highest BCUT2D eigenvalue weighted by molar-refractivity contribution is 7.09. The van der Waals surface area contributed by atoms with E-state index in [1.165, 1.54) is 25.7 Å². The van der Waals surface area contributed by atoms with Crippen LogP contribution in [0.1, 0.15) is 50.0 Å². The first-order chi connectivity index (χ1) is 11.3. The second kappa shape index (κ2) is 8.20. The molecule has 0 radical (unpaired) electrons. The number of amides is 1. The Hall–Kier alpha value is -1.75. The van der Waals surface area contributed by atoms with Crippen molar-refractivity contribution >= 4 is 17.2 Å². The Bertz CT molecular complexity index is 618. The van der Waals surface area contributed by atoms with E-state index < -0.39 is 0 Å². The number of aromatic nitrogens is 2. The summed E-state index contributed by atoms with van der Waals surface area (Å²) in [5.74, 6) is 0.162. The van der Waals surface area contributed by atoms with Crippen LogP contribution >= 0.6 is 11.3 Å². The quantitative estimate of drug-likeness (QED) is 0.844. The van der Waals surface area contributed by atoms with Crippen LogP contribution in [0.3, 0.4) is 0 Å². The molecular formula is C18H23N3OS. The first kappa shape index (κ1) is 16.1. The van der Waals surface area contributed by atoms with Crippen molar-refractivity contribution in [3.05, 3.63) is 34.9 Å². The molecule has 1 amide bonds. The van der Waals surface area contributed by atoms with Gasteiger partial charge >= 0.3 is 0 Å². The van der Waals surface area contributed by atoms with Crippen LogP contribution in [-0.2, 0) is 11.2 Å². The minimum atomic E-state index is 0.162. The second-order valence-corrected chi connectivity index (χ2v) is 7.07. The summed E-state index contributed by atoms with van der Waals surface area (Å²) >= 11 is 1.62. The van der Waals surface area contributed by atoms with Gasteiger partial charge in [-0.05, 0) is 25.0 Å². The molecule has 1 N–H and O–H groups in total. The fourth-order valence-electron chi connectivity index (χ4n) is 3.02. The Balaban J connectivity index is 1.48. The van der Waals surface area contributed by atoms with Crippen LogP contribution in [0.5, 0.6) is 0 Å². The monoisotopic (exact) mass is 329 g/mol. The summed E-state index contributed by atoms with van der Waals surface area (Å²) in [4.78, 5) is 20.9. The molecule has 0 aliphatic heterocycles. The molecule has 0 atom stereocenters. The summed E-state index contributed by atoms with van der Waals surface area (Å²) in [6, 6.07) is 4.30. The fraction of sp³-hybridized carbons (Fsp3) is 0.500. The molecule has 2 aromatic rings. The van der Waals surface area contributed by atoms with Crippen LogP contribution in [0.2, 0.25) is 0 Å². The molecule has 23 heavy (non-hydrogen) atoms. The number of carbonyl (C=O) groups excluding carboxylic acids is 1. The summed E-state index contributed by atoms with van der Waals surface area (Å²) in [5.41, 5.74) is 1.97. The molecule has 0 bridgehead atoms. The lowest BCUT2D eigenvalue weighted by Crippen LogP contribution is -2.34. The Kier molecular flexibility index (Phi) is 5.75. The third-order valence-corrected chi connectivity index (χ3v) is 5.20. The summed E-state index contributed by atoms with van der Waals surface area (Å²) in [5, 5.41) is 6.25. The first-order valence-electron chi connectivity index (χ1n) is 8.45. The van der Waals surface area contributed by atoms with Gasteiger partial charge in [0.05, 0.1) is 10.7 Å². The van der Waals surface area contributed by atoms with E-state index in [1.807, 2.05) is 23.7 Å². The highest BCUT2D eigenvalue weighted by Gasteiger charge is 2.15. The van der Waals surface area contributed by atoms with Crippen molar-refractivity contribution in [2.45, 2.75) is 57.4 Å². The van der Waals surface area contributed by atoms with E-state index in [9.17, 15) is 4.79 Å². The van der Waals surface area contributed by atoms with Gasteiger partial charge in [-0.1, -0.05) is 25.7 Å². The van der Waals surface area contributed by atoms with Gasteiger partial charge in [0.1, 0.15) is 0 Å². The lowest BCUT2D eigenvalue weighted by atomic mass is 10.1. The van der Waals surface area contributed by atoms with E-state index in [0.717, 1.165) is 29.1 Å². The molecule has 4 nitrogen and oxygen atoms in total. The van der Waals surface area contributed by atoms with Gasteiger partial charge in [-0.3, -0.25) is 9.78 Å². The van der Waals surface area contributed by atoms with E-state index in [-0.39, 0.29) is 5.91 Å². The van der Waals surface area contributed by atoms with Crippen molar-refractivity contribution in [1.29, 1.82) is 0 Å². The van der Waals surface area contributed by atoms with Crippen LogP contribution in [-0.4, -0.2) is 21.9 Å². The lowest BCUT2D eigenvalue weighted by Gasteiger charge is -2.15. The van der Waals surface area contributed by atoms with Crippen molar-refractivity contribution in [3.8, 4) is 11.3 Å². The molecule has 1 aliphatic rings. The van der Waals surface area contributed by atoms with E-state index >= 15 is 0 Å². The number of thiazole rings is 1. The van der Waals surface area contributed by atoms with Crippen molar-refractivity contribution < 1.29 is 4.79 Å². The van der Waals surface area contributed by atoms with Gasteiger partial charge in [-0.2, -0.15) is 0 Å². The fourth-order valence-corrected chi connectivity index (χ4v) is 3.82. The second-order valence-electron chi connectivity index (χ2n) is 6.12. The van der Waals surface area contributed by atoms with Gasteiger partial charge in [0, 0.05) is 42.2 Å². The third-order valence-electron chi connectivity index (χ3n) is 4.30. The molecule has 0 spiro atoms. The van der Waals surface area contributed by atoms with Gasteiger partial charge in [0.25, 0.3) is 0 Å². The number of carbonyl (C=O) groups is 1. The summed E-state index contributed by atoms with van der Waals surface area (Å²) in [7, 11) is 0. The zero-order valence-corrected chi connectivity index (χ0v) is 14.1. The smallest absolute Gasteiger partial charge is 0.220 e. The number of aryl methyl sites for hydroxylation is 1. The van der Waals surface area contributed by atoms with E-state index in [0.29, 0.717) is 18.9 Å². The average Bonchev–Trinajstić information content (AvgIpc) is 2.91. The predicted octanol–water partition coefficient (Wildman–Crippen LogP) is 3.98. The van der Waals surface area contributed by atoms with E-state index in [4.69, 9.17) is 0 Å². The predicted molar refractivity (Wildman–Crippen MR) is 93.3 cm³/mol. The van der Waals surface area contributed by atoms with Gasteiger partial charge in [-0.25, -0.2) is 4.98 Å². The van der Waals surface area contributed by atoms with Gasteiger partial charge in [-0.15, -0.1) is 11.3 Å². The zero-order valence-electron chi connectivity index (χ0n) is 13.3. The molecular weight excluding hydrogens is 306 g/mol. The molecule has 2 heterocycles. The molecule has 122 valence electrons. The SMILES string of the molecule is O=C(CCc1nc(-c2cccnc2)cs1)NC1CCCCCC1. The standard InChI is InChI=1S/C18H23N3OS/c22-17(20-15-7-3-1-2-4-8-15)9-10-18-21-16(13-23-18)14-6-5-11-19-12-14/h5-6,11-13,15H,1-4,7-10H2,(H,20,22). The van der Waals surface area contributed by atoms with Crippen molar-refractivity contribution in [2.24, 2.45) is 0 Å². The highest BCUT2D eigenvalue weighted by atomic mass is 32.1. The average molecular weight is 329 g/mol. The normalized spacial score (nSPS) is 16.0. The topological polar surface area (TPSA) is 54.9 Å². The number of pyridine rings is 1. The summed E-state index contributed by atoms with van der Waals surface area (Å²) < 4.78 is 0. The van der Waals surface area contributed by atoms with Crippen molar-refractivity contribution in [3.63, 3.8) is 0 Å². The summed E-state index contributed by atoms with van der Waals surface area (Å²) in [6.07, 6.45) is 12.2.